The van der Waals surface area contributed by atoms with E-state index >= 15 is 0 Å². The fraction of sp³-hybridized carbons (Fsp3) is 1.00. The molecule has 0 aromatic rings. The third kappa shape index (κ3) is 8.52. The second-order valence-electron chi connectivity index (χ2n) is 4.84. The van der Waals surface area contributed by atoms with Crippen LogP contribution in [0.1, 0.15) is 59.8 Å². The quantitative estimate of drug-likeness (QED) is 0.592. The Morgan fingerprint density at radius 1 is 1.21 bits per heavy atom. The van der Waals surface area contributed by atoms with Gasteiger partial charge in [0.1, 0.15) is 0 Å². The van der Waals surface area contributed by atoms with Crippen LogP contribution >= 0.6 is 0 Å². The molecule has 0 bridgehead atoms. The zero-order chi connectivity index (χ0) is 11.0. The summed E-state index contributed by atoms with van der Waals surface area (Å²) in [7, 11) is 0. The predicted octanol–water partition coefficient (Wildman–Crippen LogP) is 2.71. The number of nitrogens with one attached hydrogen (secondary N) is 1. The minimum atomic E-state index is -0.530. The fourth-order valence-electron chi connectivity index (χ4n) is 1.44. The smallest absolute Gasteiger partial charge is 0.0743 e. The van der Waals surface area contributed by atoms with Gasteiger partial charge in [0.05, 0.1) is 5.60 Å². The van der Waals surface area contributed by atoms with Crippen LogP contribution in [0.3, 0.4) is 0 Å². The van der Waals surface area contributed by atoms with E-state index in [9.17, 15) is 5.11 Å². The highest BCUT2D eigenvalue weighted by Gasteiger charge is 2.19. The minimum Gasteiger partial charge on any atom is -0.389 e. The van der Waals surface area contributed by atoms with Crippen LogP contribution in [0.25, 0.3) is 0 Å². The molecule has 0 aromatic heterocycles. The zero-order valence-electron chi connectivity index (χ0n) is 10.3. The zero-order valence-corrected chi connectivity index (χ0v) is 10.3. The summed E-state index contributed by atoms with van der Waals surface area (Å²) in [6.07, 6.45) is 5.84. The van der Waals surface area contributed by atoms with E-state index < -0.39 is 5.60 Å². The van der Waals surface area contributed by atoms with E-state index in [4.69, 9.17) is 0 Å². The lowest BCUT2D eigenvalue weighted by atomic mass is 9.97. The molecular formula is C12H27NO. The first-order valence-corrected chi connectivity index (χ1v) is 5.93. The van der Waals surface area contributed by atoms with Crippen LogP contribution in [0.2, 0.25) is 0 Å². The molecule has 0 aliphatic heterocycles. The van der Waals surface area contributed by atoms with Gasteiger partial charge >= 0.3 is 0 Å². The van der Waals surface area contributed by atoms with Gasteiger partial charge in [0.15, 0.2) is 0 Å². The van der Waals surface area contributed by atoms with Crippen LogP contribution in [-0.2, 0) is 0 Å². The van der Waals surface area contributed by atoms with E-state index in [0.29, 0.717) is 12.6 Å². The minimum absolute atomic E-state index is 0.456. The topological polar surface area (TPSA) is 32.3 Å². The van der Waals surface area contributed by atoms with Crippen molar-refractivity contribution in [2.45, 2.75) is 71.4 Å². The van der Waals surface area contributed by atoms with Gasteiger partial charge in [-0.25, -0.2) is 0 Å². The third-order valence-corrected chi connectivity index (χ3v) is 2.46. The molecule has 14 heavy (non-hydrogen) atoms. The van der Waals surface area contributed by atoms with Crippen LogP contribution in [0.15, 0.2) is 0 Å². The monoisotopic (exact) mass is 201 g/mol. The molecular weight excluding hydrogens is 174 g/mol. The summed E-state index contributed by atoms with van der Waals surface area (Å²) in [6.45, 7) is 9.05. The van der Waals surface area contributed by atoms with Crippen molar-refractivity contribution >= 4 is 0 Å². The Bertz CT molecular complexity index is 132. The molecule has 0 aliphatic rings. The highest BCUT2D eigenvalue weighted by Crippen LogP contribution is 2.14. The Balaban J connectivity index is 3.50. The maximum absolute atomic E-state index is 10.0. The molecule has 0 aromatic carbocycles. The Hall–Kier alpha value is -0.0800. The number of hydrogen-bond donors (Lipinski definition) is 2. The van der Waals surface area contributed by atoms with Crippen LogP contribution in [-0.4, -0.2) is 23.3 Å². The molecule has 1 unspecified atom stereocenters. The van der Waals surface area contributed by atoms with Gasteiger partial charge in [-0.15, -0.1) is 0 Å². The van der Waals surface area contributed by atoms with E-state index in [1.165, 1.54) is 19.3 Å². The molecule has 0 rings (SSSR count). The molecule has 2 nitrogen and oxygen atoms in total. The normalized spacial score (nSPS) is 15.9. The third-order valence-electron chi connectivity index (χ3n) is 2.46. The van der Waals surface area contributed by atoms with Gasteiger partial charge in [0.25, 0.3) is 0 Å². The second-order valence-corrected chi connectivity index (χ2v) is 4.84. The summed E-state index contributed by atoms with van der Waals surface area (Å²) in [4.78, 5) is 0. The van der Waals surface area contributed by atoms with Crippen molar-refractivity contribution < 1.29 is 5.11 Å². The van der Waals surface area contributed by atoms with Crippen molar-refractivity contribution in [3.8, 4) is 0 Å². The lowest BCUT2D eigenvalue weighted by molar-refractivity contribution is 0.0462. The molecule has 0 saturated carbocycles. The molecule has 0 saturated heterocycles. The average molecular weight is 201 g/mol. The lowest BCUT2D eigenvalue weighted by Gasteiger charge is -2.25. The summed E-state index contributed by atoms with van der Waals surface area (Å²) in [6, 6.07) is 0.456. The van der Waals surface area contributed by atoms with Crippen molar-refractivity contribution in [1.82, 2.24) is 5.32 Å². The second kappa shape index (κ2) is 7.24. The number of aliphatic hydroxyl groups is 1. The van der Waals surface area contributed by atoms with E-state index in [-0.39, 0.29) is 0 Å². The Morgan fingerprint density at radius 3 is 2.36 bits per heavy atom. The summed E-state index contributed by atoms with van der Waals surface area (Å²) in [5.41, 5.74) is -0.530. The Morgan fingerprint density at radius 2 is 1.86 bits per heavy atom. The van der Waals surface area contributed by atoms with Gasteiger partial charge < -0.3 is 10.4 Å². The standard InChI is InChI=1S/C12H27NO/c1-5-6-7-8-9-12(4,14)10-13-11(2)3/h11,13-14H,5-10H2,1-4H3. The molecule has 2 heteroatoms. The van der Waals surface area contributed by atoms with Crippen molar-refractivity contribution in [2.24, 2.45) is 0 Å². The molecule has 0 amide bonds. The SMILES string of the molecule is CCCCCCC(C)(O)CNC(C)C. The first-order chi connectivity index (χ1) is 6.48. The molecule has 0 spiro atoms. The fourth-order valence-corrected chi connectivity index (χ4v) is 1.44. The van der Waals surface area contributed by atoms with Crippen molar-refractivity contribution in [3.63, 3.8) is 0 Å². The molecule has 86 valence electrons. The summed E-state index contributed by atoms with van der Waals surface area (Å²) >= 11 is 0. The van der Waals surface area contributed by atoms with Crippen molar-refractivity contribution in [1.29, 1.82) is 0 Å². The maximum atomic E-state index is 10.0. The summed E-state index contributed by atoms with van der Waals surface area (Å²) in [5.74, 6) is 0. The van der Waals surface area contributed by atoms with E-state index in [0.717, 1.165) is 12.8 Å². The van der Waals surface area contributed by atoms with E-state index in [1.807, 2.05) is 6.92 Å². The number of rotatable bonds is 8. The molecule has 2 N–H and O–H groups in total. The molecule has 0 heterocycles. The molecule has 0 radical (unpaired) electrons. The van der Waals surface area contributed by atoms with Gasteiger partial charge in [0.2, 0.25) is 0 Å². The Labute approximate surface area is 89.1 Å². The largest absolute Gasteiger partial charge is 0.389 e. The highest BCUT2D eigenvalue weighted by atomic mass is 16.3. The van der Waals surface area contributed by atoms with Gasteiger partial charge in [0, 0.05) is 12.6 Å². The van der Waals surface area contributed by atoms with E-state index in [2.05, 4.69) is 26.1 Å². The predicted molar refractivity (Wildman–Crippen MR) is 62.5 cm³/mol. The van der Waals surface area contributed by atoms with E-state index in [1.54, 1.807) is 0 Å². The molecule has 1 atom stereocenters. The van der Waals surface area contributed by atoms with Crippen molar-refractivity contribution in [3.05, 3.63) is 0 Å². The number of unbranched alkanes of at least 4 members (excludes halogenated alkanes) is 3. The average Bonchev–Trinajstić information content (AvgIpc) is 2.10. The van der Waals surface area contributed by atoms with Gasteiger partial charge in [-0.3, -0.25) is 0 Å². The summed E-state index contributed by atoms with van der Waals surface area (Å²) in [5, 5.41) is 13.3. The highest BCUT2D eigenvalue weighted by molar-refractivity contribution is 4.76. The van der Waals surface area contributed by atoms with Gasteiger partial charge in [-0.1, -0.05) is 46.5 Å². The number of hydrogen-bond acceptors (Lipinski definition) is 2. The van der Waals surface area contributed by atoms with Gasteiger partial charge in [-0.2, -0.15) is 0 Å². The first-order valence-electron chi connectivity index (χ1n) is 5.93. The van der Waals surface area contributed by atoms with Gasteiger partial charge in [-0.05, 0) is 13.3 Å². The summed E-state index contributed by atoms with van der Waals surface area (Å²) < 4.78 is 0. The molecule has 0 aliphatic carbocycles. The Kier molecular flexibility index (Phi) is 7.20. The lowest BCUT2D eigenvalue weighted by Crippen LogP contribution is -2.40. The van der Waals surface area contributed by atoms with Crippen LogP contribution in [0, 0.1) is 0 Å². The maximum Gasteiger partial charge on any atom is 0.0743 e. The van der Waals surface area contributed by atoms with Crippen LogP contribution < -0.4 is 5.32 Å². The van der Waals surface area contributed by atoms with Crippen molar-refractivity contribution in [2.75, 3.05) is 6.54 Å². The van der Waals surface area contributed by atoms with Crippen LogP contribution in [0.4, 0.5) is 0 Å². The van der Waals surface area contributed by atoms with Crippen LogP contribution in [0.5, 0.6) is 0 Å². The first kappa shape index (κ1) is 13.9. The molecule has 0 fully saturated rings.